The van der Waals surface area contributed by atoms with E-state index in [9.17, 15) is 4.79 Å². The molecule has 1 heterocycles. The third-order valence-corrected chi connectivity index (χ3v) is 5.35. The zero-order valence-corrected chi connectivity index (χ0v) is 17.2. The van der Waals surface area contributed by atoms with E-state index in [-0.39, 0.29) is 18.0 Å². The maximum atomic E-state index is 12.0. The summed E-state index contributed by atoms with van der Waals surface area (Å²) in [4.78, 5) is 12.0. The fourth-order valence-electron chi connectivity index (χ4n) is 3.65. The maximum absolute atomic E-state index is 12.0. The molecule has 0 bridgehead atoms. The number of allylic oxidation sites excluding steroid dienone is 6. The summed E-state index contributed by atoms with van der Waals surface area (Å²) < 4.78 is 11.3. The van der Waals surface area contributed by atoms with Crippen molar-refractivity contribution in [1.29, 1.82) is 0 Å². The van der Waals surface area contributed by atoms with Gasteiger partial charge in [-0.3, -0.25) is 4.79 Å². The van der Waals surface area contributed by atoms with Crippen molar-refractivity contribution in [3.8, 4) is 0 Å². The molecule has 3 nitrogen and oxygen atoms in total. The minimum absolute atomic E-state index is 0.0353. The molecule has 0 N–H and O–H groups in total. The summed E-state index contributed by atoms with van der Waals surface area (Å²) in [6.07, 6.45) is 24.3. The largest absolute Gasteiger partial charge is 0.353 e. The van der Waals surface area contributed by atoms with Gasteiger partial charge in [-0.05, 0) is 63.9 Å². The quantitative estimate of drug-likeness (QED) is 0.216. The van der Waals surface area contributed by atoms with Crippen LogP contribution in [0, 0.1) is 5.92 Å². The fourth-order valence-corrected chi connectivity index (χ4v) is 3.65. The lowest BCUT2D eigenvalue weighted by Crippen LogP contribution is -2.22. The van der Waals surface area contributed by atoms with Gasteiger partial charge in [0.25, 0.3) is 0 Å². The van der Waals surface area contributed by atoms with E-state index in [2.05, 4.69) is 31.2 Å². The van der Waals surface area contributed by atoms with Crippen LogP contribution in [0.15, 0.2) is 36.0 Å². The SMILES string of the molecule is CCCCCCC=C1C(=O)C=CC1CC=CCCCCOC1CCCCO1. The van der Waals surface area contributed by atoms with Crippen LogP contribution < -0.4 is 0 Å². The van der Waals surface area contributed by atoms with E-state index in [1.165, 1.54) is 38.5 Å². The number of carbonyl (C=O) groups is 1. The third kappa shape index (κ3) is 9.03. The van der Waals surface area contributed by atoms with Crippen molar-refractivity contribution in [3.05, 3.63) is 36.0 Å². The Morgan fingerprint density at radius 3 is 2.81 bits per heavy atom. The number of ether oxygens (including phenoxy) is 2. The highest BCUT2D eigenvalue weighted by Gasteiger charge is 2.21. The molecule has 152 valence electrons. The lowest BCUT2D eigenvalue weighted by molar-refractivity contribution is -0.162. The lowest BCUT2D eigenvalue weighted by atomic mass is 9.96. The summed E-state index contributed by atoms with van der Waals surface area (Å²) in [5, 5.41) is 0. The summed E-state index contributed by atoms with van der Waals surface area (Å²) in [5.41, 5.74) is 1.01. The first kappa shape index (κ1) is 22.1. The monoisotopic (exact) mass is 374 g/mol. The molecule has 1 saturated heterocycles. The molecule has 1 aliphatic carbocycles. The average molecular weight is 375 g/mol. The highest BCUT2D eigenvalue weighted by Crippen LogP contribution is 2.26. The van der Waals surface area contributed by atoms with Gasteiger partial charge in [0.15, 0.2) is 12.1 Å². The van der Waals surface area contributed by atoms with Gasteiger partial charge < -0.3 is 9.47 Å². The van der Waals surface area contributed by atoms with Crippen molar-refractivity contribution in [2.24, 2.45) is 5.92 Å². The zero-order valence-electron chi connectivity index (χ0n) is 17.2. The van der Waals surface area contributed by atoms with Crippen molar-refractivity contribution in [1.82, 2.24) is 0 Å². The van der Waals surface area contributed by atoms with Gasteiger partial charge in [0.1, 0.15) is 0 Å². The highest BCUT2D eigenvalue weighted by atomic mass is 16.7. The molecule has 0 radical (unpaired) electrons. The van der Waals surface area contributed by atoms with Crippen molar-refractivity contribution in [2.75, 3.05) is 13.2 Å². The van der Waals surface area contributed by atoms with E-state index in [1.807, 2.05) is 0 Å². The van der Waals surface area contributed by atoms with Crippen LogP contribution in [0.3, 0.4) is 0 Å². The Kier molecular flexibility index (Phi) is 11.4. The van der Waals surface area contributed by atoms with E-state index in [0.717, 1.165) is 57.3 Å². The molecule has 0 aromatic heterocycles. The van der Waals surface area contributed by atoms with Crippen molar-refractivity contribution in [2.45, 2.75) is 90.3 Å². The summed E-state index contributed by atoms with van der Waals surface area (Å²) in [7, 11) is 0. The predicted octanol–water partition coefficient (Wildman–Crippen LogP) is 6.30. The number of hydrogen-bond donors (Lipinski definition) is 0. The summed E-state index contributed by atoms with van der Waals surface area (Å²) in [6.45, 7) is 3.87. The van der Waals surface area contributed by atoms with Crippen molar-refractivity contribution < 1.29 is 14.3 Å². The van der Waals surface area contributed by atoms with Crippen LogP contribution in [-0.2, 0) is 14.3 Å². The molecule has 0 spiro atoms. The Morgan fingerprint density at radius 1 is 1.11 bits per heavy atom. The van der Waals surface area contributed by atoms with Crippen molar-refractivity contribution >= 4 is 5.78 Å². The van der Waals surface area contributed by atoms with Gasteiger partial charge >= 0.3 is 0 Å². The molecule has 1 aliphatic heterocycles. The Bertz CT molecular complexity index is 498. The molecular formula is C24H38O3. The molecule has 2 rings (SSSR count). The minimum atomic E-state index is 0.0353. The van der Waals surface area contributed by atoms with Crippen LogP contribution in [0.2, 0.25) is 0 Å². The summed E-state index contributed by atoms with van der Waals surface area (Å²) in [6, 6.07) is 0. The van der Waals surface area contributed by atoms with E-state index < -0.39 is 0 Å². The second-order valence-corrected chi connectivity index (χ2v) is 7.71. The van der Waals surface area contributed by atoms with Crippen LogP contribution in [0.4, 0.5) is 0 Å². The maximum Gasteiger partial charge on any atom is 0.181 e. The number of unbranched alkanes of at least 4 members (excludes halogenated alkanes) is 6. The predicted molar refractivity (Wildman–Crippen MR) is 112 cm³/mol. The normalized spacial score (nSPS) is 24.5. The van der Waals surface area contributed by atoms with Crippen LogP contribution in [0.1, 0.15) is 84.0 Å². The number of carbonyl (C=O) groups excluding carboxylic acids is 1. The molecule has 2 atom stereocenters. The molecule has 0 saturated carbocycles. The Morgan fingerprint density at radius 2 is 2.00 bits per heavy atom. The van der Waals surface area contributed by atoms with E-state index in [1.54, 1.807) is 6.08 Å². The van der Waals surface area contributed by atoms with Gasteiger partial charge in [0.05, 0.1) is 0 Å². The second kappa shape index (κ2) is 13.9. The first-order valence-electron chi connectivity index (χ1n) is 11.1. The van der Waals surface area contributed by atoms with Crippen LogP contribution in [0.5, 0.6) is 0 Å². The molecule has 1 fully saturated rings. The molecule has 2 aliphatic rings. The smallest absolute Gasteiger partial charge is 0.181 e. The first-order valence-corrected chi connectivity index (χ1v) is 11.1. The number of rotatable bonds is 13. The van der Waals surface area contributed by atoms with Gasteiger partial charge in [-0.15, -0.1) is 0 Å². The molecule has 0 aromatic carbocycles. The lowest BCUT2D eigenvalue weighted by Gasteiger charge is -2.22. The van der Waals surface area contributed by atoms with Crippen LogP contribution >= 0.6 is 0 Å². The Balaban J connectivity index is 1.55. The molecule has 3 heteroatoms. The number of hydrogen-bond acceptors (Lipinski definition) is 3. The summed E-state index contributed by atoms with van der Waals surface area (Å²) >= 11 is 0. The molecule has 2 unspecified atom stereocenters. The Labute approximate surface area is 165 Å². The summed E-state index contributed by atoms with van der Waals surface area (Å²) in [5.74, 6) is 0.498. The topological polar surface area (TPSA) is 35.5 Å². The molecular weight excluding hydrogens is 336 g/mol. The third-order valence-electron chi connectivity index (χ3n) is 5.35. The van der Waals surface area contributed by atoms with Gasteiger partial charge in [-0.2, -0.15) is 0 Å². The van der Waals surface area contributed by atoms with Crippen molar-refractivity contribution in [3.63, 3.8) is 0 Å². The molecule has 0 aromatic rings. The van der Waals surface area contributed by atoms with Crippen LogP contribution in [-0.4, -0.2) is 25.3 Å². The van der Waals surface area contributed by atoms with Gasteiger partial charge in [-0.1, -0.05) is 50.5 Å². The second-order valence-electron chi connectivity index (χ2n) is 7.71. The molecule has 27 heavy (non-hydrogen) atoms. The van der Waals surface area contributed by atoms with Gasteiger partial charge in [-0.25, -0.2) is 0 Å². The van der Waals surface area contributed by atoms with E-state index >= 15 is 0 Å². The fraction of sp³-hybridized carbons (Fsp3) is 0.708. The standard InChI is InChI=1S/C24H38O3/c1-2-3-4-6-10-15-22-21(17-18-23(22)25)14-9-7-5-8-12-19-26-24-16-11-13-20-27-24/h7,9,15,17-18,21,24H,2-6,8,10-14,16,19-20H2,1H3. The first-order chi connectivity index (χ1) is 13.3. The van der Waals surface area contributed by atoms with Gasteiger partial charge in [0, 0.05) is 24.7 Å². The minimum Gasteiger partial charge on any atom is -0.353 e. The van der Waals surface area contributed by atoms with E-state index in [0.29, 0.717) is 0 Å². The van der Waals surface area contributed by atoms with E-state index in [4.69, 9.17) is 9.47 Å². The highest BCUT2D eigenvalue weighted by molar-refractivity contribution is 6.07. The van der Waals surface area contributed by atoms with Crippen LogP contribution in [0.25, 0.3) is 0 Å². The molecule has 0 amide bonds. The average Bonchev–Trinajstić information content (AvgIpc) is 3.04. The van der Waals surface area contributed by atoms with Gasteiger partial charge in [0.2, 0.25) is 0 Å². The number of ketones is 1. The Hall–Kier alpha value is -1.19. The zero-order chi connectivity index (χ0) is 19.2.